The molecule has 0 aliphatic rings. The lowest BCUT2D eigenvalue weighted by Crippen LogP contribution is -2.12. The van der Waals surface area contributed by atoms with E-state index in [4.69, 9.17) is 5.11 Å². The second-order valence-electron chi connectivity index (χ2n) is 5.01. The van der Waals surface area contributed by atoms with E-state index >= 15 is 0 Å². The van der Waals surface area contributed by atoms with Crippen LogP contribution >= 0.6 is 0 Å². The summed E-state index contributed by atoms with van der Waals surface area (Å²) in [5, 5.41) is 8.62. The van der Waals surface area contributed by atoms with Crippen molar-refractivity contribution in [2.45, 2.75) is 33.6 Å². The molecule has 0 heterocycles. The lowest BCUT2D eigenvalue weighted by molar-refractivity contribution is -0.131. The van der Waals surface area contributed by atoms with Crippen molar-refractivity contribution >= 4 is 5.97 Å². The predicted molar refractivity (Wildman–Crippen MR) is 70.1 cm³/mol. The third kappa shape index (κ3) is 4.85. The molecule has 0 saturated carbocycles. The van der Waals surface area contributed by atoms with E-state index in [2.05, 4.69) is 31.2 Å². The van der Waals surface area contributed by atoms with Gasteiger partial charge in [0.1, 0.15) is 0 Å². The summed E-state index contributed by atoms with van der Waals surface area (Å²) in [5.74, 6) is -0.889. The number of allylic oxidation sites excluding steroid dienone is 1. The Bertz CT molecular complexity index is 399. The van der Waals surface area contributed by atoms with Crippen molar-refractivity contribution in [2.24, 2.45) is 5.41 Å². The summed E-state index contributed by atoms with van der Waals surface area (Å²) in [7, 11) is 0. The van der Waals surface area contributed by atoms with E-state index in [0.29, 0.717) is 0 Å². The Kier molecular flexibility index (Phi) is 4.50. The summed E-state index contributed by atoms with van der Waals surface area (Å²) >= 11 is 0. The molecule has 0 amide bonds. The number of carbonyl (C=O) groups is 1. The van der Waals surface area contributed by atoms with Crippen LogP contribution in [0.15, 0.2) is 36.4 Å². The average molecular weight is 232 g/mol. The van der Waals surface area contributed by atoms with Crippen LogP contribution in [-0.4, -0.2) is 11.1 Å². The molecule has 1 aromatic rings. The fraction of sp³-hybridized carbons (Fsp3) is 0.400. The van der Waals surface area contributed by atoms with Gasteiger partial charge in [-0.05, 0) is 29.4 Å². The standard InChI is InChI=1S/C15H20O2/c1-4-12-5-7-13(8-6-12)11-15(2,3)10-9-14(16)17/h5-10H,4,11H2,1-3H3,(H,16,17)/b10-9+. The average Bonchev–Trinajstić information content (AvgIpc) is 2.27. The Morgan fingerprint density at radius 1 is 1.24 bits per heavy atom. The zero-order valence-electron chi connectivity index (χ0n) is 10.7. The maximum absolute atomic E-state index is 10.5. The molecule has 0 aliphatic heterocycles. The maximum Gasteiger partial charge on any atom is 0.327 e. The monoisotopic (exact) mass is 232 g/mol. The minimum atomic E-state index is -0.889. The zero-order valence-corrected chi connectivity index (χ0v) is 10.7. The first-order valence-electron chi connectivity index (χ1n) is 5.93. The molecule has 0 spiro atoms. The smallest absolute Gasteiger partial charge is 0.327 e. The van der Waals surface area contributed by atoms with E-state index in [9.17, 15) is 4.79 Å². The molecule has 1 N–H and O–H groups in total. The Hall–Kier alpha value is -1.57. The normalized spacial score (nSPS) is 11.9. The zero-order chi connectivity index (χ0) is 12.9. The Labute approximate surface area is 103 Å². The molecule has 0 aromatic heterocycles. The van der Waals surface area contributed by atoms with Gasteiger partial charge in [0.2, 0.25) is 0 Å². The highest BCUT2D eigenvalue weighted by Gasteiger charge is 2.15. The van der Waals surface area contributed by atoms with Crippen LogP contribution in [0, 0.1) is 5.41 Å². The Balaban J connectivity index is 2.71. The van der Waals surface area contributed by atoms with Crippen LogP contribution < -0.4 is 0 Å². The van der Waals surface area contributed by atoms with E-state index in [1.165, 1.54) is 17.2 Å². The molecule has 0 unspecified atom stereocenters. The van der Waals surface area contributed by atoms with Crippen molar-refractivity contribution in [1.29, 1.82) is 0 Å². The third-order valence-electron chi connectivity index (χ3n) is 2.77. The van der Waals surface area contributed by atoms with E-state index in [1.807, 2.05) is 13.8 Å². The highest BCUT2D eigenvalue weighted by atomic mass is 16.4. The third-order valence-corrected chi connectivity index (χ3v) is 2.77. The van der Waals surface area contributed by atoms with Gasteiger partial charge < -0.3 is 5.11 Å². The molecule has 0 atom stereocenters. The lowest BCUT2D eigenvalue weighted by Gasteiger charge is -2.20. The number of aryl methyl sites for hydroxylation is 1. The Morgan fingerprint density at radius 3 is 2.24 bits per heavy atom. The number of hydrogen-bond acceptors (Lipinski definition) is 1. The van der Waals surface area contributed by atoms with Crippen LogP contribution in [0.5, 0.6) is 0 Å². The predicted octanol–water partition coefficient (Wildman–Crippen LogP) is 3.46. The van der Waals surface area contributed by atoms with Gasteiger partial charge in [0.05, 0.1) is 0 Å². The number of aliphatic carboxylic acids is 1. The molecule has 0 aliphatic carbocycles. The second-order valence-corrected chi connectivity index (χ2v) is 5.01. The summed E-state index contributed by atoms with van der Waals surface area (Å²) in [6.07, 6.45) is 4.87. The molecule has 0 saturated heterocycles. The number of carboxylic acids is 1. The number of hydrogen-bond donors (Lipinski definition) is 1. The van der Waals surface area contributed by atoms with E-state index < -0.39 is 5.97 Å². The topological polar surface area (TPSA) is 37.3 Å². The molecule has 2 heteroatoms. The van der Waals surface area contributed by atoms with Crippen LogP contribution in [0.25, 0.3) is 0 Å². The highest BCUT2D eigenvalue weighted by molar-refractivity contribution is 5.79. The van der Waals surface area contributed by atoms with E-state index in [0.717, 1.165) is 12.8 Å². The second kappa shape index (κ2) is 5.67. The molecule has 1 rings (SSSR count). The van der Waals surface area contributed by atoms with E-state index in [1.54, 1.807) is 6.08 Å². The molecule has 0 bridgehead atoms. The first kappa shape index (κ1) is 13.5. The summed E-state index contributed by atoms with van der Waals surface area (Å²) in [4.78, 5) is 10.5. The van der Waals surface area contributed by atoms with Gasteiger partial charge in [-0.1, -0.05) is 51.1 Å². The van der Waals surface area contributed by atoms with Crippen molar-refractivity contribution < 1.29 is 9.90 Å². The van der Waals surface area contributed by atoms with Gasteiger partial charge in [-0.3, -0.25) is 0 Å². The van der Waals surface area contributed by atoms with Crippen LogP contribution in [0.2, 0.25) is 0 Å². The Morgan fingerprint density at radius 2 is 1.76 bits per heavy atom. The van der Waals surface area contributed by atoms with E-state index in [-0.39, 0.29) is 5.41 Å². The van der Waals surface area contributed by atoms with Crippen molar-refractivity contribution in [2.75, 3.05) is 0 Å². The molecule has 17 heavy (non-hydrogen) atoms. The summed E-state index contributed by atoms with van der Waals surface area (Å²) in [6.45, 7) is 6.22. The molecule has 92 valence electrons. The molecule has 0 radical (unpaired) electrons. The maximum atomic E-state index is 10.5. The first-order chi connectivity index (χ1) is 7.93. The largest absolute Gasteiger partial charge is 0.478 e. The van der Waals surface area contributed by atoms with Gasteiger partial charge in [-0.15, -0.1) is 0 Å². The van der Waals surface area contributed by atoms with Crippen LogP contribution in [-0.2, 0) is 17.6 Å². The SMILES string of the molecule is CCc1ccc(CC(C)(C)/C=C/C(=O)O)cc1. The fourth-order valence-corrected chi connectivity index (χ4v) is 1.77. The van der Waals surface area contributed by atoms with Crippen LogP contribution in [0.4, 0.5) is 0 Å². The summed E-state index contributed by atoms with van der Waals surface area (Å²) in [5.41, 5.74) is 2.43. The molecular formula is C15H20O2. The quantitative estimate of drug-likeness (QED) is 0.789. The minimum absolute atomic E-state index is 0.133. The molecule has 1 aromatic carbocycles. The van der Waals surface area contributed by atoms with Gasteiger partial charge >= 0.3 is 5.97 Å². The fourth-order valence-electron chi connectivity index (χ4n) is 1.77. The van der Waals surface area contributed by atoms with Crippen molar-refractivity contribution in [1.82, 2.24) is 0 Å². The number of carboxylic acid groups (broad SMARTS) is 1. The van der Waals surface area contributed by atoms with Crippen molar-refractivity contribution in [3.8, 4) is 0 Å². The first-order valence-corrected chi connectivity index (χ1v) is 5.93. The molecule has 0 fully saturated rings. The van der Waals surface area contributed by atoms with Gasteiger partial charge in [0.25, 0.3) is 0 Å². The van der Waals surface area contributed by atoms with Crippen molar-refractivity contribution in [3.05, 3.63) is 47.5 Å². The van der Waals surface area contributed by atoms with Gasteiger partial charge in [0.15, 0.2) is 0 Å². The van der Waals surface area contributed by atoms with Gasteiger partial charge in [-0.2, -0.15) is 0 Å². The highest BCUT2D eigenvalue weighted by Crippen LogP contribution is 2.23. The minimum Gasteiger partial charge on any atom is -0.478 e. The summed E-state index contributed by atoms with van der Waals surface area (Å²) in [6, 6.07) is 8.50. The summed E-state index contributed by atoms with van der Waals surface area (Å²) < 4.78 is 0. The molecule has 2 nitrogen and oxygen atoms in total. The van der Waals surface area contributed by atoms with Gasteiger partial charge in [-0.25, -0.2) is 4.79 Å². The van der Waals surface area contributed by atoms with Crippen molar-refractivity contribution in [3.63, 3.8) is 0 Å². The molecular weight excluding hydrogens is 212 g/mol. The lowest BCUT2D eigenvalue weighted by atomic mass is 9.85. The van der Waals surface area contributed by atoms with Crippen LogP contribution in [0.3, 0.4) is 0 Å². The van der Waals surface area contributed by atoms with Gasteiger partial charge in [0, 0.05) is 6.08 Å². The van der Waals surface area contributed by atoms with Crippen LogP contribution in [0.1, 0.15) is 31.9 Å². The number of benzene rings is 1. The number of rotatable bonds is 5.